The van der Waals surface area contributed by atoms with Crippen molar-refractivity contribution in [3.8, 4) is 6.07 Å². The first kappa shape index (κ1) is 33.5. The molecule has 6 rings (SSSR count). The van der Waals surface area contributed by atoms with Crippen LogP contribution < -0.4 is 10.6 Å². The van der Waals surface area contributed by atoms with Gasteiger partial charge in [0.15, 0.2) is 11.5 Å². The summed E-state index contributed by atoms with van der Waals surface area (Å²) >= 11 is 0. The maximum atomic E-state index is 13.5. The molecule has 12 heteroatoms. The third kappa shape index (κ3) is 7.51. The number of hydrogen-bond acceptors (Lipinski definition) is 9. The Hall–Kier alpha value is -5.44. The number of carbonyl (C=O) groups excluding carboxylic acids is 2. The molecule has 2 aliphatic rings. The van der Waals surface area contributed by atoms with Crippen LogP contribution in [0, 0.1) is 31.1 Å². The minimum absolute atomic E-state index is 0.0568. The van der Waals surface area contributed by atoms with Gasteiger partial charge in [-0.3, -0.25) is 4.79 Å². The Morgan fingerprint density at radius 3 is 2.57 bits per heavy atom. The molecule has 0 saturated carbocycles. The third-order valence-corrected chi connectivity index (χ3v) is 9.34. The van der Waals surface area contributed by atoms with Crippen molar-refractivity contribution in [3.05, 3.63) is 76.5 Å². The lowest BCUT2D eigenvalue weighted by molar-refractivity contribution is -0.127. The van der Waals surface area contributed by atoms with E-state index in [4.69, 9.17) is 9.72 Å². The largest absolute Gasteiger partial charge is 0.449 e. The van der Waals surface area contributed by atoms with Gasteiger partial charge in [0.2, 0.25) is 5.95 Å². The molecule has 1 saturated heterocycles. The molecule has 0 radical (unpaired) electrons. The van der Waals surface area contributed by atoms with Crippen molar-refractivity contribution < 1.29 is 14.3 Å². The number of anilines is 4. The smallest absolute Gasteiger partial charge is 0.409 e. The molecular weight excluding hydrogens is 618 g/mol. The van der Waals surface area contributed by atoms with Gasteiger partial charge < -0.3 is 25.2 Å². The molecule has 0 spiro atoms. The van der Waals surface area contributed by atoms with Gasteiger partial charge in [0, 0.05) is 50.8 Å². The van der Waals surface area contributed by atoms with Crippen LogP contribution in [0.4, 0.5) is 27.9 Å². The number of nitrogens with zero attached hydrogens (tertiary/aromatic N) is 7. The van der Waals surface area contributed by atoms with Crippen LogP contribution in [0.3, 0.4) is 0 Å². The summed E-state index contributed by atoms with van der Waals surface area (Å²) in [6.45, 7) is 8.66. The van der Waals surface area contributed by atoms with Crippen molar-refractivity contribution >= 4 is 46.2 Å². The number of piperidine rings is 1. The molecule has 254 valence electrons. The number of allylic oxidation sites excluding steroid dienone is 1. The van der Waals surface area contributed by atoms with E-state index < -0.39 is 0 Å². The van der Waals surface area contributed by atoms with Crippen LogP contribution in [0.1, 0.15) is 54.9 Å². The molecule has 49 heavy (non-hydrogen) atoms. The molecule has 2 aromatic carbocycles. The van der Waals surface area contributed by atoms with E-state index in [-0.39, 0.29) is 23.5 Å². The fourth-order valence-electron chi connectivity index (χ4n) is 6.46. The molecule has 2 N–H and O–H groups in total. The second-order valence-electron chi connectivity index (χ2n) is 12.9. The van der Waals surface area contributed by atoms with E-state index in [9.17, 15) is 14.9 Å². The number of nitriles is 1. The number of nitrogens with one attached hydrogen (secondary N) is 2. The fraction of sp³-hybridized carbons (Fsp3) is 0.405. The number of unbranched alkanes of at least 4 members (excludes halogenated alkanes) is 1. The minimum atomic E-state index is -0.284. The van der Waals surface area contributed by atoms with Crippen molar-refractivity contribution in [1.29, 1.82) is 5.26 Å². The summed E-state index contributed by atoms with van der Waals surface area (Å²) in [4.78, 5) is 38.6. The van der Waals surface area contributed by atoms with Gasteiger partial charge in [0.05, 0.1) is 12.0 Å². The zero-order valence-corrected chi connectivity index (χ0v) is 28.6. The summed E-state index contributed by atoms with van der Waals surface area (Å²) in [5.74, 6) is 0.927. The maximum Gasteiger partial charge on any atom is 0.409 e. The van der Waals surface area contributed by atoms with E-state index in [0.717, 1.165) is 46.3 Å². The first-order valence-corrected chi connectivity index (χ1v) is 17.0. The van der Waals surface area contributed by atoms with Crippen LogP contribution in [0.25, 0.3) is 11.0 Å². The number of hydrogen-bond donors (Lipinski definition) is 2. The van der Waals surface area contributed by atoms with Crippen LogP contribution in [0.5, 0.6) is 0 Å². The summed E-state index contributed by atoms with van der Waals surface area (Å²) in [6.07, 6.45) is 7.18. The van der Waals surface area contributed by atoms with E-state index in [1.54, 1.807) is 26.8 Å². The number of amides is 2. The Morgan fingerprint density at radius 2 is 1.84 bits per heavy atom. The zero-order chi connectivity index (χ0) is 34.5. The predicted octanol–water partition coefficient (Wildman–Crippen LogP) is 6.45. The number of rotatable bonds is 9. The number of fused-ring (bicyclic) bond motifs is 2. The molecule has 2 aliphatic heterocycles. The highest BCUT2D eigenvalue weighted by Crippen LogP contribution is 2.30. The van der Waals surface area contributed by atoms with E-state index >= 15 is 0 Å². The summed E-state index contributed by atoms with van der Waals surface area (Å²) in [5.41, 5.74) is 7.11. The lowest BCUT2D eigenvalue weighted by Crippen LogP contribution is -2.39. The van der Waals surface area contributed by atoms with Gasteiger partial charge in [-0.15, -0.1) is 0 Å². The van der Waals surface area contributed by atoms with Crippen molar-refractivity contribution in [1.82, 2.24) is 29.5 Å². The molecule has 4 aromatic rings. The monoisotopic (exact) mass is 661 g/mol. The lowest BCUT2D eigenvalue weighted by atomic mass is 9.93. The molecule has 0 atom stereocenters. The SMILES string of the molecule is CCCCOC(=O)N1CCC(/C=C(\C#N)C(=O)N2CCc3ccc(Nc4ncc5c(Nc6c(C)cccc6C)nn(C)c5n4)cc3C2)CC1. The summed E-state index contributed by atoms with van der Waals surface area (Å²) < 4.78 is 7.07. The van der Waals surface area contributed by atoms with Gasteiger partial charge in [-0.05, 0) is 79.8 Å². The first-order valence-electron chi connectivity index (χ1n) is 17.0. The summed E-state index contributed by atoms with van der Waals surface area (Å²) in [7, 11) is 1.86. The van der Waals surface area contributed by atoms with Crippen LogP contribution in [-0.4, -0.2) is 67.8 Å². The molecule has 2 amide bonds. The van der Waals surface area contributed by atoms with Crippen LogP contribution in [0.15, 0.2) is 54.2 Å². The van der Waals surface area contributed by atoms with Gasteiger partial charge in [-0.25, -0.2) is 14.5 Å². The third-order valence-electron chi connectivity index (χ3n) is 9.34. The maximum absolute atomic E-state index is 13.5. The lowest BCUT2D eigenvalue weighted by Gasteiger charge is -2.31. The molecule has 2 aromatic heterocycles. The Labute approximate surface area is 286 Å². The molecule has 0 bridgehead atoms. The number of benzene rings is 2. The Balaban J connectivity index is 1.10. The van der Waals surface area contributed by atoms with E-state index in [1.807, 2.05) is 25.2 Å². The number of likely N-dealkylation sites (tertiary alicyclic amines) is 1. The van der Waals surface area contributed by atoms with Gasteiger partial charge in [0.25, 0.3) is 5.91 Å². The van der Waals surface area contributed by atoms with E-state index in [1.165, 1.54) is 5.56 Å². The van der Waals surface area contributed by atoms with Crippen molar-refractivity contribution in [2.24, 2.45) is 13.0 Å². The summed E-state index contributed by atoms with van der Waals surface area (Å²) in [5, 5.41) is 22.2. The number of aromatic nitrogens is 4. The Bertz CT molecular complexity index is 1920. The molecular formula is C37H43N9O3. The van der Waals surface area contributed by atoms with Crippen molar-refractivity contribution in [2.75, 3.05) is 36.9 Å². The highest BCUT2D eigenvalue weighted by Gasteiger charge is 2.27. The van der Waals surface area contributed by atoms with Crippen LogP contribution >= 0.6 is 0 Å². The normalized spacial score (nSPS) is 15.1. The van der Waals surface area contributed by atoms with Crippen LogP contribution in [0.2, 0.25) is 0 Å². The number of carbonyl (C=O) groups is 2. The van der Waals surface area contributed by atoms with Gasteiger partial charge >= 0.3 is 6.09 Å². The van der Waals surface area contributed by atoms with Crippen molar-refractivity contribution in [2.45, 2.75) is 59.4 Å². The standard InChI is InChI=1S/C37H43N9O3/c1-5-6-18-49-37(48)45-15-12-26(13-16-45)19-28(21-38)35(47)46-17-14-27-10-11-30(20-29(27)23-46)40-36-39-22-31-33(43-44(4)34(31)42-36)41-32-24(2)8-7-9-25(32)3/h7-11,19-20,22,26H,5-6,12-18,23H2,1-4H3,(H,41,43)(H,39,40,42)/b28-19+. The van der Waals surface area contributed by atoms with Gasteiger partial charge in [-0.2, -0.15) is 15.3 Å². The molecule has 12 nitrogen and oxygen atoms in total. The average Bonchev–Trinajstić information content (AvgIpc) is 3.42. The number of ether oxygens (including phenoxy) is 1. The van der Waals surface area contributed by atoms with E-state index in [0.29, 0.717) is 69.5 Å². The molecule has 0 unspecified atom stereocenters. The number of aryl methyl sites for hydroxylation is 3. The van der Waals surface area contributed by atoms with E-state index in [2.05, 4.69) is 65.8 Å². The second-order valence-corrected chi connectivity index (χ2v) is 12.9. The van der Waals surface area contributed by atoms with Gasteiger partial charge in [0.1, 0.15) is 11.6 Å². The minimum Gasteiger partial charge on any atom is -0.449 e. The second kappa shape index (κ2) is 14.8. The Kier molecular flexibility index (Phi) is 10.1. The molecule has 1 fully saturated rings. The predicted molar refractivity (Wildman–Crippen MR) is 189 cm³/mol. The van der Waals surface area contributed by atoms with Crippen molar-refractivity contribution in [3.63, 3.8) is 0 Å². The Morgan fingerprint density at radius 1 is 1.06 bits per heavy atom. The highest BCUT2D eigenvalue weighted by molar-refractivity contribution is 5.97. The van der Waals surface area contributed by atoms with Crippen LogP contribution in [-0.2, 0) is 29.5 Å². The van der Waals surface area contributed by atoms with Gasteiger partial charge in [-0.1, -0.05) is 43.7 Å². The topological polar surface area (TPSA) is 141 Å². The average molecular weight is 662 g/mol. The highest BCUT2D eigenvalue weighted by atomic mass is 16.6. The number of para-hydroxylation sites is 1. The fourth-order valence-corrected chi connectivity index (χ4v) is 6.46. The zero-order valence-electron chi connectivity index (χ0n) is 28.6. The molecule has 4 heterocycles. The first-order chi connectivity index (χ1) is 23.7. The quantitative estimate of drug-likeness (QED) is 0.118. The summed E-state index contributed by atoms with van der Waals surface area (Å²) in [6, 6.07) is 14.4. The molecule has 0 aliphatic carbocycles.